The van der Waals surface area contributed by atoms with Crippen molar-refractivity contribution in [2.45, 2.75) is 18.2 Å². The van der Waals surface area contributed by atoms with Gasteiger partial charge in [-0.2, -0.15) is 8.42 Å². The monoisotopic (exact) mass is 573 g/mol. The van der Waals surface area contributed by atoms with Crippen LogP contribution >= 0.6 is 23.2 Å². The maximum Gasteiger partial charge on any atom is 0.294 e. The van der Waals surface area contributed by atoms with E-state index in [9.17, 15) is 22.9 Å². The maximum absolute atomic E-state index is 13.2. The molecule has 0 fully saturated rings. The first kappa shape index (κ1) is 27.3. The van der Waals surface area contributed by atoms with Crippen molar-refractivity contribution in [2.24, 2.45) is 10.2 Å². The van der Waals surface area contributed by atoms with Gasteiger partial charge in [-0.1, -0.05) is 60.5 Å². The van der Waals surface area contributed by atoms with Crippen LogP contribution in [0.3, 0.4) is 0 Å². The fourth-order valence-corrected chi connectivity index (χ4v) is 5.10. The normalized spacial score (nSPS) is 11.7. The summed E-state index contributed by atoms with van der Waals surface area (Å²) in [4.78, 5) is 12.8. The molecule has 0 aliphatic carbocycles. The number of carbonyl (C=O) groups is 1. The van der Waals surface area contributed by atoms with Crippen LogP contribution in [0.2, 0.25) is 10.0 Å². The van der Waals surface area contributed by atoms with Crippen molar-refractivity contribution in [2.75, 3.05) is 12.4 Å². The lowest BCUT2D eigenvalue weighted by Crippen LogP contribution is -2.12. The topological polar surface area (TPSA) is 138 Å². The van der Waals surface area contributed by atoms with Crippen LogP contribution in [-0.4, -0.2) is 31.1 Å². The maximum atomic E-state index is 13.2. The number of nitrogens with one attached hydrogen (secondary N) is 1. The molecular weight excluding hydrogens is 553 g/mol. The third-order valence-corrected chi connectivity index (χ3v) is 7.35. The van der Waals surface area contributed by atoms with E-state index in [2.05, 4.69) is 15.5 Å². The summed E-state index contributed by atoms with van der Waals surface area (Å²) in [6.45, 7) is 1.71. The number of azo groups is 1. The quantitative estimate of drug-likeness (QED) is 0.156. The highest BCUT2D eigenvalue weighted by Gasteiger charge is 2.21. The molecule has 0 saturated heterocycles. The Morgan fingerprint density at radius 3 is 2.47 bits per heavy atom. The minimum Gasteiger partial charge on any atom is -0.505 e. The number of nitrogens with zero attached hydrogens (tertiary/aromatic N) is 2. The van der Waals surface area contributed by atoms with Gasteiger partial charge in [0.25, 0.3) is 16.0 Å². The molecule has 0 atom stereocenters. The minimum atomic E-state index is -4.55. The molecule has 4 aromatic rings. The van der Waals surface area contributed by atoms with Crippen molar-refractivity contribution in [3.63, 3.8) is 0 Å². The molecule has 1 amide bonds. The third-order valence-electron chi connectivity index (χ3n) is 5.72. The minimum absolute atomic E-state index is 0.0472. The Morgan fingerprint density at radius 1 is 1.05 bits per heavy atom. The van der Waals surface area contributed by atoms with E-state index in [1.807, 2.05) is 0 Å². The van der Waals surface area contributed by atoms with E-state index in [0.717, 1.165) is 6.07 Å². The number of aryl methyl sites for hydroxylation is 1. The largest absolute Gasteiger partial charge is 0.505 e. The van der Waals surface area contributed by atoms with E-state index in [0.29, 0.717) is 28.5 Å². The van der Waals surface area contributed by atoms with Gasteiger partial charge >= 0.3 is 0 Å². The van der Waals surface area contributed by atoms with E-state index in [-0.39, 0.29) is 37.6 Å². The van der Waals surface area contributed by atoms with Gasteiger partial charge in [0, 0.05) is 5.39 Å². The lowest BCUT2D eigenvalue weighted by molar-refractivity contribution is 0.102. The number of ether oxygens (including phenoxy) is 1. The molecule has 0 bridgehead atoms. The average molecular weight is 574 g/mol. The lowest BCUT2D eigenvalue weighted by Gasteiger charge is -2.13. The number of carbonyl (C=O) groups excluding carboxylic acids is 1. The highest BCUT2D eigenvalue weighted by molar-refractivity contribution is 7.85. The van der Waals surface area contributed by atoms with Crippen LogP contribution in [0.15, 0.2) is 75.8 Å². The van der Waals surface area contributed by atoms with Crippen molar-refractivity contribution in [1.82, 2.24) is 0 Å². The van der Waals surface area contributed by atoms with E-state index in [1.165, 1.54) is 19.2 Å². The standard InChI is InChI=1S/C26H21Cl2N3O6S/c1-3-14-12-18(27)20(13-22(14)38(34,35)36)30-31-24-16-8-5-4-7-15(16)11-17(25(24)32)26(33)29-19-9-6-10-21(37-2)23(19)28/h4-13,32H,3H2,1-2H3,(H,29,33)(H,34,35,36). The number of amides is 1. The SMILES string of the molecule is CCc1cc(Cl)c(N=Nc2c(O)c(C(=O)Nc3cccc(OC)c3Cl)cc3ccccc23)cc1S(=O)(=O)O. The van der Waals surface area contributed by atoms with Gasteiger partial charge in [-0.05, 0) is 47.7 Å². The average Bonchev–Trinajstić information content (AvgIpc) is 2.88. The first-order chi connectivity index (χ1) is 18.0. The van der Waals surface area contributed by atoms with Gasteiger partial charge in [0.05, 0.1) is 28.3 Å². The van der Waals surface area contributed by atoms with Gasteiger partial charge in [0.1, 0.15) is 22.1 Å². The molecule has 4 aromatic carbocycles. The number of rotatable bonds is 7. The number of hydrogen-bond acceptors (Lipinski definition) is 7. The van der Waals surface area contributed by atoms with Crippen molar-refractivity contribution in [3.8, 4) is 11.5 Å². The zero-order valence-electron chi connectivity index (χ0n) is 20.1. The first-order valence-electron chi connectivity index (χ1n) is 11.1. The molecular formula is C26H21Cl2N3O6S. The van der Waals surface area contributed by atoms with E-state index < -0.39 is 21.8 Å². The summed E-state index contributed by atoms with van der Waals surface area (Å²) in [6, 6.07) is 15.7. The molecule has 196 valence electrons. The van der Waals surface area contributed by atoms with Crippen LogP contribution in [0.25, 0.3) is 10.8 Å². The second-order valence-electron chi connectivity index (χ2n) is 8.06. The molecule has 9 nitrogen and oxygen atoms in total. The molecule has 0 aliphatic rings. The number of anilines is 1. The zero-order valence-corrected chi connectivity index (χ0v) is 22.4. The molecule has 3 N–H and O–H groups in total. The van der Waals surface area contributed by atoms with Crippen LogP contribution in [0.1, 0.15) is 22.8 Å². The summed E-state index contributed by atoms with van der Waals surface area (Å²) in [6.07, 6.45) is 0.298. The summed E-state index contributed by atoms with van der Waals surface area (Å²) >= 11 is 12.6. The lowest BCUT2D eigenvalue weighted by atomic mass is 10.0. The Hall–Kier alpha value is -3.70. The van der Waals surface area contributed by atoms with E-state index >= 15 is 0 Å². The Balaban J connectivity index is 1.82. The summed E-state index contributed by atoms with van der Waals surface area (Å²) in [5.41, 5.74) is 0.363. The predicted molar refractivity (Wildman–Crippen MR) is 146 cm³/mol. The Labute approximate surface area is 228 Å². The second kappa shape index (κ2) is 11.0. The van der Waals surface area contributed by atoms with Crippen LogP contribution < -0.4 is 10.1 Å². The number of aromatic hydroxyl groups is 1. The summed E-state index contributed by atoms with van der Waals surface area (Å²) < 4.78 is 38.5. The second-order valence-corrected chi connectivity index (χ2v) is 10.2. The molecule has 0 spiro atoms. The fourth-order valence-electron chi connectivity index (χ4n) is 3.83. The third kappa shape index (κ3) is 5.44. The molecule has 0 aromatic heterocycles. The van der Waals surface area contributed by atoms with Gasteiger partial charge in [-0.3, -0.25) is 9.35 Å². The smallest absolute Gasteiger partial charge is 0.294 e. The molecule has 0 aliphatic heterocycles. The molecule has 4 rings (SSSR count). The number of fused-ring (bicyclic) bond motifs is 1. The molecule has 38 heavy (non-hydrogen) atoms. The Morgan fingerprint density at radius 2 is 1.79 bits per heavy atom. The molecule has 0 saturated carbocycles. The number of phenols is 1. The highest BCUT2D eigenvalue weighted by atomic mass is 35.5. The number of hydrogen-bond donors (Lipinski definition) is 3. The van der Waals surface area contributed by atoms with Crippen LogP contribution in [0.4, 0.5) is 17.1 Å². The van der Waals surface area contributed by atoms with Crippen molar-refractivity contribution < 1.29 is 27.6 Å². The zero-order chi connectivity index (χ0) is 27.6. The van der Waals surface area contributed by atoms with Crippen molar-refractivity contribution in [1.29, 1.82) is 0 Å². The van der Waals surface area contributed by atoms with Gasteiger partial charge in [0.15, 0.2) is 5.75 Å². The molecule has 0 unspecified atom stereocenters. The number of benzene rings is 4. The predicted octanol–water partition coefficient (Wildman–Crippen LogP) is 7.34. The highest BCUT2D eigenvalue weighted by Crippen LogP contribution is 2.41. The van der Waals surface area contributed by atoms with Crippen molar-refractivity contribution >= 4 is 67.1 Å². The summed E-state index contributed by atoms with van der Waals surface area (Å²) in [7, 11) is -3.10. The Bertz CT molecular complexity index is 1710. The molecule has 0 heterocycles. The summed E-state index contributed by atoms with van der Waals surface area (Å²) in [5.74, 6) is -0.781. The fraction of sp³-hybridized carbons (Fsp3) is 0.115. The van der Waals surface area contributed by atoms with Crippen LogP contribution in [0.5, 0.6) is 11.5 Å². The van der Waals surface area contributed by atoms with Gasteiger partial charge in [-0.15, -0.1) is 10.2 Å². The van der Waals surface area contributed by atoms with Gasteiger partial charge in [0.2, 0.25) is 0 Å². The van der Waals surface area contributed by atoms with Crippen LogP contribution in [-0.2, 0) is 16.5 Å². The molecule has 12 heteroatoms. The van der Waals surface area contributed by atoms with Gasteiger partial charge < -0.3 is 15.2 Å². The number of methoxy groups -OCH3 is 1. The van der Waals surface area contributed by atoms with Gasteiger partial charge in [-0.25, -0.2) is 0 Å². The molecule has 0 radical (unpaired) electrons. The Kier molecular flexibility index (Phi) is 7.89. The van der Waals surface area contributed by atoms with E-state index in [1.54, 1.807) is 49.4 Å². The number of halogens is 2. The first-order valence-corrected chi connectivity index (χ1v) is 13.3. The number of phenolic OH excluding ortho intramolecular Hbond substituents is 1. The van der Waals surface area contributed by atoms with E-state index in [4.69, 9.17) is 27.9 Å². The summed E-state index contributed by atoms with van der Waals surface area (Å²) in [5, 5.41) is 23.2. The van der Waals surface area contributed by atoms with Crippen molar-refractivity contribution in [3.05, 3.63) is 81.8 Å². The van der Waals surface area contributed by atoms with Crippen LogP contribution in [0, 0.1) is 0 Å².